The normalized spacial score (nSPS) is 17.3. The quantitative estimate of drug-likeness (QED) is 0.772. The molecular formula is C15H18N2O5S. The SMILES string of the molecule is CCOC(=O)C1=C(COC(=O)c2cccs2)NC(=O)NC1CC. The minimum atomic E-state index is -0.533. The average Bonchev–Trinajstić information content (AvgIpc) is 3.06. The monoisotopic (exact) mass is 338 g/mol. The summed E-state index contributed by atoms with van der Waals surface area (Å²) in [4.78, 5) is 36.2. The van der Waals surface area contributed by atoms with Crippen LogP contribution in [0.4, 0.5) is 4.79 Å². The highest BCUT2D eigenvalue weighted by Crippen LogP contribution is 2.18. The Labute approximate surface area is 137 Å². The number of nitrogens with one attached hydrogen (secondary N) is 2. The highest BCUT2D eigenvalue weighted by Gasteiger charge is 2.32. The number of ether oxygens (including phenoxy) is 2. The largest absolute Gasteiger partial charge is 0.463 e. The Morgan fingerprint density at radius 1 is 1.26 bits per heavy atom. The summed E-state index contributed by atoms with van der Waals surface area (Å²) in [6, 6.07) is 2.47. The van der Waals surface area contributed by atoms with E-state index in [0.29, 0.717) is 11.3 Å². The maximum absolute atomic E-state index is 12.1. The Bertz CT molecular complexity index is 624. The van der Waals surface area contributed by atoms with E-state index in [-0.39, 0.29) is 24.5 Å². The average molecular weight is 338 g/mol. The molecule has 1 aromatic rings. The molecule has 0 spiro atoms. The number of carbonyl (C=O) groups is 3. The van der Waals surface area contributed by atoms with Gasteiger partial charge in [0.25, 0.3) is 0 Å². The summed E-state index contributed by atoms with van der Waals surface area (Å²) in [5.74, 6) is -1.04. The number of thiophene rings is 1. The van der Waals surface area contributed by atoms with E-state index < -0.39 is 24.0 Å². The molecule has 0 fully saturated rings. The summed E-state index contributed by atoms with van der Waals surface area (Å²) in [5, 5.41) is 6.94. The molecule has 0 saturated heterocycles. The van der Waals surface area contributed by atoms with Gasteiger partial charge in [-0.3, -0.25) is 0 Å². The second kappa shape index (κ2) is 7.77. The van der Waals surface area contributed by atoms with Gasteiger partial charge in [0.15, 0.2) is 0 Å². The van der Waals surface area contributed by atoms with Crippen molar-refractivity contribution in [3.05, 3.63) is 33.7 Å². The first-order chi connectivity index (χ1) is 11.1. The lowest BCUT2D eigenvalue weighted by atomic mass is 10.0. The first-order valence-electron chi connectivity index (χ1n) is 7.25. The lowest BCUT2D eigenvalue weighted by Crippen LogP contribution is -2.51. The topological polar surface area (TPSA) is 93.7 Å². The van der Waals surface area contributed by atoms with Crippen LogP contribution in [-0.4, -0.2) is 37.2 Å². The molecule has 1 aromatic heterocycles. The van der Waals surface area contributed by atoms with Gasteiger partial charge in [0.05, 0.1) is 23.9 Å². The Hall–Kier alpha value is -2.35. The van der Waals surface area contributed by atoms with Gasteiger partial charge in [0.2, 0.25) is 0 Å². The molecule has 0 radical (unpaired) electrons. The molecule has 2 heterocycles. The van der Waals surface area contributed by atoms with Crippen LogP contribution in [-0.2, 0) is 14.3 Å². The molecule has 1 aliphatic rings. The fraction of sp³-hybridized carbons (Fsp3) is 0.400. The van der Waals surface area contributed by atoms with Crippen molar-refractivity contribution in [3.8, 4) is 0 Å². The van der Waals surface area contributed by atoms with Crippen LogP contribution in [0, 0.1) is 0 Å². The van der Waals surface area contributed by atoms with Crippen molar-refractivity contribution in [2.24, 2.45) is 0 Å². The van der Waals surface area contributed by atoms with Gasteiger partial charge in [-0.2, -0.15) is 0 Å². The van der Waals surface area contributed by atoms with Crippen molar-refractivity contribution in [1.29, 1.82) is 0 Å². The number of hydrogen-bond donors (Lipinski definition) is 2. The van der Waals surface area contributed by atoms with Crippen LogP contribution in [0.1, 0.15) is 29.9 Å². The van der Waals surface area contributed by atoms with Crippen LogP contribution in [0.2, 0.25) is 0 Å². The smallest absolute Gasteiger partial charge is 0.348 e. The van der Waals surface area contributed by atoms with Gasteiger partial charge in [-0.05, 0) is 24.8 Å². The summed E-state index contributed by atoms with van der Waals surface area (Å²) in [6.45, 7) is 3.55. The zero-order valence-electron chi connectivity index (χ0n) is 12.9. The number of esters is 2. The predicted octanol–water partition coefficient (Wildman–Crippen LogP) is 1.81. The van der Waals surface area contributed by atoms with Crippen molar-refractivity contribution in [2.75, 3.05) is 13.2 Å². The summed E-state index contributed by atoms with van der Waals surface area (Å²) < 4.78 is 10.2. The fourth-order valence-corrected chi connectivity index (χ4v) is 2.80. The van der Waals surface area contributed by atoms with E-state index in [9.17, 15) is 14.4 Å². The molecule has 1 unspecified atom stereocenters. The van der Waals surface area contributed by atoms with E-state index in [1.807, 2.05) is 6.92 Å². The number of amides is 2. The van der Waals surface area contributed by atoms with E-state index in [2.05, 4.69) is 10.6 Å². The van der Waals surface area contributed by atoms with Gasteiger partial charge in [0, 0.05) is 0 Å². The first-order valence-corrected chi connectivity index (χ1v) is 8.13. The third kappa shape index (κ3) is 4.10. The molecular weight excluding hydrogens is 320 g/mol. The van der Waals surface area contributed by atoms with Gasteiger partial charge in [-0.15, -0.1) is 11.3 Å². The molecule has 8 heteroatoms. The van der Waals surface area contributed by atoms with Crippen LogP contribution in [0.25, 0.3) is 0 Å². The zero-order valence-corrected chi connectivity index (χ0v) is 13.7. The van der Waals surface area contributed by atoms with E-state index in [4.69, 9.17) is 9.47 Å². The lowest BCUT2D eigenvalue weighted by molar-refractivity contribution is -0.139. The van der Waals surface area contributed by atoms with Crippen molar-refractivity contribution < 1.29 is 23.9 Å². The lowest BCUT2D eigenvalue weighted by Gasteiger charge is -2.28. The molecule has 7 nitrogen and oxygen atoms in total. The Kier molecular flexibility index (Phi) is 5.75. The first kappa shape index (κ1) is 17.0. The zero-order chi connectivity index (χ0) is 16.8. The predicted molar refractivity (Wildman–Crippen MR) is 84.0 cm³/mol. The van der Waals surface area contributed by atoms with Crippen LogP contribution >= 0.6 is 11.3 Å². The van der Waals surface area contributed by atoms with E-state index in [0.717, 1.165) is 0 Å². The molecule has 23 heavy (non-hydrogen) atoms. The number of carbonyl (C=O) groups excluding carboxylic acids is 3. The number of urea groups is 1. The molecule has 2 amide bonds. The van der Waals surface area contributed by atoms with Crippen LogP contribution < -0.4 is 10.6 Å². The van der Waals surface area contributed by atoms with Crippen LogP contribution in [0.5, 0.6) is 0 Å². The van der Waals surface area contributed by atoms with E-state index in [1.165, 1.54) is 11.3 Å². The minimum absolute atomic E-state index is 0.200. The Balaban J connectivity index is 2.19. The molecule has 2 N–H and O–H groups in total. The van der Waals surface area contributed by atoms with Gasteiger partial charge in [-0.25, -0.2) is 14.4 Å². The fourth-order valence-electron chi connectivity index (χ4n) is 2.18. The molecule has 0 aromatic carbocycles. The Morgan fingerprint density at radius 2 is 2.04 bits per heavy atom. The number of hydrogen-bond acceptors (Lipinski definition) is 6. The van der Waals surface area contributed by atoms with Crippen molar-refractivity contribution in [3.63, 3.8) is 0 Å². The van der Waals surface area contributed by atoms with Crippen molar-refractivity contribution >= 4 is 29.3 Å². The molecule has 2 rings (SSSR count). The highest BCUT2D eigenvalue weighted by atomic mass is 32.1. The second-order valence-electron chi connectivity index (χ2n) is 4.73. The second-order valence-corrected chi connectivity index (χ2v) is 5.67. The minimum Gasteiger partial charge on any atom is -0.463 e. The maximum Gasteiger partial charge on any atom is 0.348 e. The van der Waals surface area contributed by atoms with Gasteiger partial charge < -0.3 is 20.1 Å². The molecule has 0 aliphatic carbocycles. The standard InChI is InChI=1S/C15H18N2O5S/c1-3-9-12(14(19)21-4-2)10(17-15(20)16-9)8-22-13(18)11-6-5-7-23-11/h5-7,9H,3-4,8H2,1-2H3,(H2,16,17,20). The molecule has 1 atom stereocenters. The maximum atomic E-state index is 12.1. The molecule has 1 aliphatic heterocycles. The third-order valence-electron chi connectivity index (χ3n) is 3.22. The van der Waals surface area contributed by atoms with E-state index >= 15 is 0 Å². The molecule has 0 saturated carbocycles. The van der Waals surface area contributed by atoms with Gasteiger partial charge in [0.1, 0.15) is 11.5 Å². The van der Waals surface area contributed by atoms with Crippen molar-refractivity contribution in [2.45, 2.75) is 26.3 Å². The highest BCUT2D eigenvalue weighted by molar-refractivity contribution is 7.11. The number of rotatable bonds is 6. The van der Waals surface area contributed by atoms with E-state index in [1.54, 1.807) is 24.4 Å². The van der Waals surface area contributed by atoms with Crippen molar-refractivity contribution in [1.82, 2.24) is 10.6 Å². The van der Waals surface area contributed by atoms with Crippen LogP contribution in [0.3, 0.4) is 0 Å². The van der Waals surface area contributed by atoms with Gasteiger partial charge >= 0.3 is 18.0 Å². The van der Waals surface area contributed by atoms with Gasteiger partial charge in [-0.1, -0.05) is 13.0 Å². The molecule has 124 valence electrons. The summed E-state index contributed by atoms with van der Waals surface area (Å²) in [6.07, 6.45) is 0.518. The third-order valence-corrected chi connectivity index (χ3v) is 4.07. The Morgan fingerprint density at radius 3 is 2.65 bits per heavy atom. The summed E-state index contributed by atoms with van der Waals surface area (Å²) in [7, 11) is 0. The summed E-state index contributed by atoms with van der Waals surface area (Å²) in [5.41, 5.74) is 0.539. The molecule has 0 bridgehead atoms. The summed E-state index contributed by atoms with van der Waals surface area (Å²) >= 11 is 1.26. The van der Waals surface area contributed by atoms with Crippen LogP contribution in [0.15, 0.2) is 28.8 Å².